The van der Waals surface area contributed by atoms with Gasteiger partial charge in [0.05, 0.1) is 4.90 Å². The molecular weight excluding hydrogens is 437 g/mol. The smallest absolute Gasteiger partial charge is 0.273 e. The molecule has 1 amide bonds. The van der Waals surface area contributed by atoms with E-state index in [0.717, 1.165) is 28.3 Å². The van der Waals surface area contributed by atoms with E-state index in [1.807, 2.05) is 31.2 Å². The Morgan fingerprint density at radius 1 is 1.10 bits per heavy atom. The zero-order chi connectivity index (χ0) is 22.0. The van der Waals surface area contributed by atoms with Crippen LogP contribution in [0.25, 0.3) is 10.6 Å². The molecule has 3 aromatic rings. The van der Waals surface area contributed by atoms with E-state index < -0.39 is 15.8 Å². The van der Waals surface area contributed by atoms with Crippen molar-refractivity contribution in [3.63, 3.8) is 0 Å². The van der Waals surface area contributed by atoms with Crippen LogP contribution in [0.5, 0.6) is 0 Å². The minimum atomic E-state index is -3.73. The molecule has 0 bridgehead atoms. The van der Waals surface area contributed by atoms with Crippen LogP contribution in [0.15, 0.2) is 58.8 Å². The first-order valence-corrected chi connectivity index (χ1v) is 12.3. The van der Waals surface area contributed by atoms with Gasteiger partial charge in [-0.3, -0.25) is 4.79 Å². The van der Waals surface area contributed by atoms with Crippen LogP contribution < -0.4 is 4.72 Å². The Labute approximate surface area is 184 Å². The lowest BCUT2D eigenvalue weighted by Crippen LogP contribution is -2.46. The van der Waals surface area contributed by atoms with Crippen LogP contribution in [0.4, 0.5) is 4.39 Å². The average molecular weight is 460 g/mol. The first-order chi connectivity index (χ1) is 14.8. The van der Waals surface area contributed by atoms with E-state index in [4.69, 9.17) is 0 Å². The van der Waals surface area contributed by atoms with Crippen molar-refractivity contribution >= 4 is 27.3 Å². The van der Waals surface area contributed by atoms with Gasteiger partial charge in [0, 0.05) is 30.1 Å². The molecule has 2 aromatic carbocycles. The van der Waals surface area contributed by atoms with Gasteiger partial charge in [-0.15, -0.1) is 11.3 Å². The zero-order valence-electron chi connectivity index (χ0n) is 16.9. The summed E-state index contributed by atoms with van der Waals surface area (Å²) in [6.45, 7) is 2.89. The topological polar surface area (TPSA) is 79.4 Å². The van der Waals surface area contributed by atoms with Crippen molar-refractivity contribution in [2.45, 2.75) is 30.7 Å². The number of thiazole rings is 1. The van der Waals surface area contributed by atoms with E-state index >= 15 is 0 Å². The monoisotopic (exact) mass is 459 g/mol. The highest BCUT2D eigenvalue weighted by Crippen LogP contribution is 2.25. The first kappa shape index (κ1) is 21.6. The highest BCUT2D eigenvalue weighted by atomic mass is 32.2. The number of aromatic nitrogens is 1. The Morgan fingerprint density at radius 3 is 2.39 bits per heavy atom. The van der Waals surface area contributed by atoms with Gasteiger partial charge in [-0.05, 0) is 44.0 Å². The van der Waals surface area contributed by atoms with Gasteiger partial charge >= 0.3 is 0 Å². The Kier molecular flexibility index (Phi) is 6.17. The van der Waals surface area contributed by atoms with Gasteiger partial charge in [0.15, 0.2) is 0 Å². The van der Waals surface area contributed by atoms with E-state index in [0.29, 0.717) is 31.6 Å². The molecular formula is C22H22FN3O3S2. The molecule has 4 rings (SSSR count). The molecule has 1 aliphatic heterocycles. The van der Waals surface area contributed by atoms with Crippen molar-refractivity contribution in [3.8, 4) is 10.6 Å². The lowest BCUT2D eigenvalue weighted by atomic mass is 10.1. The molecule has 1 N–H and O–H groups in total. The molecule has 31 heavy (non-hydrogen) atoms. The van der Waals surface area contributed by atoms with Crippen LogP contribution in [-0.2, 0) is 10.0 Å². The van der Waals surface area contributed by atoms with Crippen LogP contribution in [0.3, 0.4) is 0 Å². The third-order valence-corrected chi connectivity index (χ3v) is 7.68. The third-order valence-electron chi connectivity index (χ3n) is 5.25. The zero-order valence-corrected chi connectivity index (χ0v) is 18.5. The lowest BCUT2D eigenvalue weighted by molar-refractivity contribution is 0.0706. The number of carbonyl (C=O) groups is 1. The fraction of sp³-hybridized carbons (Fsp3) is 0.273. The number of amides is 1. The van der Waals surface area contributed by atoms with Gasteiger partial charge in [0.1, 0.15) is 16.5 Å². The van der Waals surface area contributed by atoms with Gasteiger partial charge < -0.3 is 4.90 Å². The predicted molar refractivity (Wildman–Crippen MR) is 118 cm³/mol. The van der Waals surface area contributed by atoms with Gasteiger partial charge in [-0.1, -0.05) is 29.8 Å². The maximum Gasteiger partial charge on any atom is 0.273 e. The van der Waals surface area contributed by atoms with Crippen molar-refractivity contribution in [3.05, 3.63) is 71.0 Å². The Morgan fingerprint density at radius 2 is 1.74 bits per heavy atom. The van der Waals surface area contributed by atoms with E-state index in [-0.39, 0.29) is 16.8 Å². The third kappa shape index (κ3) is 5.00. The Hall–Kier alpha value is -2.62. The number of likely N-dealkylation sites (tertiary alicyclic amines) is 1. The second kappa shape index (κ2) is 8.86. The normalized spacial score (nSPS) is 15.2. The number of hydrogen-bond acceptors (Lipinski definition) is 5. The summed E-state index contributed by atoms with van der Waals surface area (Å²) in [6.07, 6.45) is 1.00. The second-order valence-corrected chi connectivity index (χ2v) is 10.1. The number of nitrogens with zero attached hydrogens (tertiary/aromatic N) is 2. The van der Waals surface area contributed by atoms with Crippen molar-refractivity contribution in [2.24, 2.45) is 0 Å². The van der Waals surface area contributed by atoms with E-state index in [2.05, 4.69) is 9.71 Å². The van der Waals surface area contributed by atoms with Crippen LogP contribution in [-0.4, -0.2) is 43.3 Å². The highest BCUT2D eigenvalue weighted by molar-refractivity contribution is 7.89. The fourth-order valence-corrected chi connectivity index (χ4v) is 5.57. The molecule has 1 saturated heterocycles. The molecule has 9 heteroatoms. The van der Waals surface area contributed by atoms with Crippen molar-refractivity contribution < 1.29 is 17.6 Å². The van der Waals surface area contributed by atoms with Crippen LogP contribution >= 0.6 is 11.3 Å². The molecule has 0 spiro atoms. The molecule has 0 radical (unpaired) electrons. The summed E-state index contributed by atoms with van der Waals surface area (Å²) in [5, 5.41) is 2.56. The summed E-state index contributed by atoms with van der Waals surface area (Å²) in [6, 6.07) is 12.4. The van der Waals surface area contributed by atoms with E-state index in [1.54, 1.807) is 10.3 Å². The molecule has 162 valence electrons. The van der Waals surface area contributed by atoms with Gasteiger partial charge in [0.25, 0.3) is 5.91 Å². The number of sulfonamides is 1. The molecule has 0 aliphatic carbocycles. The summed E-state index contributed by atoms with van der Waals surface area (Å²) in [4.78, 5) is 19.1. The summed E-state index contributed by atoms with van der Waals surface area (Å²) in [7, 11) is -3.73. The van der Waals surface area contributed by atoms with Crippen LogP contribution in [0, 0.1) is 12.7 Å². The summed E-state index contributed by atoms with van der Waals surface area (Å²) in [5.41, 5.74) is 2.55. The molecule has 6 nitrogen and oxygen atoms in total. The van der Waals surface area contributed by atoms with E-state index in [1.165, 1.54) is 23.5 Å². The van der Waals surface area contributed by atoms with Crippen molar-refractivity contribution in [1.29, 1.82) is 0 Å². The SMILES string of the molecule is Cc1ccc(-c2nc(C(=O)N3CCC(NS(=O)(=O)c4ccc(F)cc4)CC3)cs2)cc1. The number of nitrogens with one attached hydrogen (secondary N) is 1. The number of aryl methyl sites for hydroxylation is 1. The van der Waals surface area contributed by atoms with Gasteiger partial charge in [0.2, 0.25) is 10.0 Å². The maximum atomic E-state index is 13.0. The molecule has 0 saturated carbocycles. The summed E-state index contributed by atoms with van der Waals surface area (Å²) < 4.78 is 40.7. The predicted octanol–water partition coefficient (Wildman–Crippen LogP) is 3.84. The second-order valence-electron chi connectivity index (χ2n) is 7.55. The molecule has 2 heterocycles. The van der Waals surface area contributed by atoms with Crippen LogP contribution in [0.2, 0.25) is 0 Å². The number of benzene rings is 2. The van der Waals surface area contributed by atoms with Crippen molar-refractivity contribution in [2.75, 3.05) is 13.1 Å². The number of piperidine rings is 1. The van der Waals surface area contributed by atoms with Crippen LogP contribution in [0.1, 0.15) is 28.9 Å². The average Bonchev–Trinajstić information content (AvgIpc) is 3.24. The molecule has 1 aliphatic rings. The molecule has 1 fully saturated rings. The van der Waals surface area contributed by atoms with E-state index in [9.17, 15) is 17.6 Å². The first-order valence-electron chi connectivity index (χ1n) is 9.91. The summed E-state index contributed by atoms with van der Waals surface area (Å²) >= 11 is 1.43. The Bertz CT molecular complexity index is 1170. The quantitative estimate of drug-likeness (QED) is 0.629. The molecule has 1 aromatic heterocycles. The summed E-state index contributed by atoms with van der Waals surface area (Å²) in [5.74, 6) is -0.632. The Balaban J connectivity index is 1.36. The lowest BCUT2D eigenvalue weighted by Gasteiger charge is -2.31. The van der Waals surface area contributed by atoms with Crippen molar-refractivity contribution in [1.82, 2.24) is 14.6 Å². The number of carbonyl (C=O) groups excluding carboxylic acids is 1. The maximum absolute atomic E-state index is 13.0. The fourth-order valence-electron chi connectivity index (χ4n) is 3.46. The molecule has 0 unspecified atom stereocenters. The standard InChI is InChI=1S/C22H22FN3O3S2/c1-15-2-4-16(5-3-15)21-24-20(14-30-21)22(27)26-12-10-18(11-13-26)25-31(28,29)19-8-6-17(23)7-9-19/h2-9,14,18,25H,10-13H2,1H3. The molecule has 0 atom stereocenters. The number of halogens is 1. The minimum Gasteiger partial charge on any atom is -0.337 e. The number of hydrogen-bond donors (Lipinski definition) is 1. The minimum absolute atomic E-state index is 0.0264. The number of rotatable bonds is 5. The largest absolute Gasteiger partial charge is 0.337 e. The van der Waals surface area contributed by atoms with Gasteiger partial charge in [-0.2, -0.15) is 0 Å². The van der Waals surface area contributed by atoms with Gasteiger partial charge in [-0.25, -0.2) is 22.5 Å². The highest BCUT2D eigenvalue weighted by Gasteiger charge is 2.28.